The Morgan fingerprint density at radius 3 is 3.11 bits per heavy atom. The van der Waals surface area contributed by atoms with E-state index in [-0.39, 0.29) is 5.97 Å². The molecule has 0 aliphatic rings. The van der Waals surface area contributed by atoms with Crippen LogP contribution >= 0.6 is 11.8 Å². The van der Waals surface area contributed by atoms with Gasteiger partial charge in [0.1, 0.15) is 5.75 Å². The summed E-state index contributed by atoms with van der Waals surface area (Å²) >= 11 is 1.32. The molecule has 0 bridgehead atoms. The van der Waals surface area contributed by atoms with Crippen LogP contribution in [0, 0.1) is 0 Å². The van der Waals surface area contributed by atoms with Crippen molar-refractivity contribution in [1.82, 2.24) is 9.97 Å². The third-order valence-corrected chi connectivity index (χ3v) is 3.02. The van der Waals surface area contributed by atoms with Crippen molar-refractivity contribution in [3.63, 3.8) is 0 Å². The number of fused-ring (bicyclic) bond motifs is 1. The molecule has 0 unspecified atom stereocenters. The Morgan fingerprint density at radius 2 is 2.37 bits per heavy atom. The Hall–Kier alpha value is -1.95. The summed E-state index contributed by atoms with van der Waals surface area (Å²) in [5.74, 6) is 0.419. The number of hydrogen-bond acceptors (Lipinski definition) is 5. The Morgan fingerprint density at radius 1 is 1.53 bits per heavy atom. The fourth-order valence-electron chi connectivity index (χ4n) is 1.50. The van der Waals surface area contributed by atoms with Crippen molar-refractivity contribution in [1.29, 1.82) is 0 Å². The van der Waals surface area contributed by atoms with Crippen LogP contribution in [0.15, 0.2) is 34.8 Å². The Balaban J connectivity index is 2.12. The molecule has 1 aromatic carbocycles. The van der Waals surface area contributed by atoms with Crippen LogP contribution in [-0.2, 0) is 9.53 Å². The SMILES string of the molecule is CCOc1ccc2nc(SC=CC(=O)OC)[nH]c2c1. The molecule has 19 heavy (non-hydrogen) atoms. The summed E-state index contributed by atoms with van der Waals surface area (Å²) in [6, 6.07) is 5.68. The van der Waals surface area contributed by atoms with Crippen LogP contribution < -0.4 is 4.74 Å². The van der Waals surface area contributed by atoms with E-state index in [2.05, 4.69) is 14.7 Å². The highest BCUT2D eigenvalue weighted by atomic mass is 32.2. The molecular formula is C13H14N2O3S. The maximum absolute atomic E-state index is 10.9. The molecule has 1 heterocycles. The number of esters is 1. The Kier molecular flexibility index (Phi) is 4.46. The van der Waals surface area contributed by atoms with Gasteiger partial charge in [0.25, 0.3) is 0 Å². The largest absolute Gasteiger partial charge is 0.494 e. The lowest BCUT2D eigenvalue weighted by Crippen LogP contribution is -1.92. The van der Waals surface area contributed by atoms with Crippen LogP contribution in [0.25, 0.3) is 11.0 Å². The van der Waals surface area contributed by atoms with Crippen LogP contribution in [-0.4, -0.2) is 29.7 Å². The van der Waals surface area contributed by atoms with Crippen molar-refractivity contribution in [2.45, 2.75) is 12.1 Å². The Labute approximate surface area is 115 Å². The third-order valence-electron chi connectivity index (χ3n) is 2.33. The number of carbonyl (C=O) groups is 1. The predicted octanol–water partition coefficient (Wildman–Crippen LogP) is 2.74. The van der Waals surface area contributed by atoms with Crippen molar-refractivity contribution in [2.75, 3.05) is 13.7 Å². The monoisotopic (exact) mass is 278 g/mol. The highest BCUT2D eigenvalue weighted by Gasteiger charge is 2.03. The molecule has 0 atom stereocenters. The molecule has 5 nitrogen and oxygen atoms in total. The van der Waals surface area contributed by atoms with Gasteiger partial charge in [-0.1, -0.05) is 11.8 Å². The molecule has 0 spiro atoms. The molecule has 2 rings (SSSR count). The van der Waals surface area contributed by atoms with E-state index in [1.54, 1.807) is 5.41 Å². The van der Waals surface area contributed by atoms with Crippen LogP contribution in [0.4, 0.5) is 0 Å². The second kappa shape index (κ2) is 6.29. The average molecular weight is 278 g/mol. The third kappa shape index (κ3) is 3.51. The molecule has 0 aliphatic carbocycles. The van der Waals surface area contributed by atoms with Gasteiger partial charge in [-0.15, -0.1) is 0 Å². The van der Waals surface area contributed by atoms with Crippen LogP contribution in [0.2, 0.25) is 0 Å². The highest BCUT2D eigenvalue weighted by Crippen LogP contribution is 2.23. The fraction of sp³-hybridized carbons (Fsp3) is 0.231. The van der Waals surface area contributed by atoms with Crippen molar-refractivity contribution in [3.05, 3.63) is 29.7 Å². The lowest BCUT2D eigenvalue weighted by molar-refractivity contribution is -0.134. The first-order valence-corrected chi connectivity index (χ1v) is 6.64. The van der Waals surface area contributed by atoms with Crippen molar-refractivity contribution >= 4 is 28.8 Å². The van der Waals surface area contributed by atoms with E-state index >= 15 is 0 Å². The number of methoxy groups -OCH3 is 1. The summed E-state index contributed by atoms with van der Waals surface area (Å²) in [6.45, 7) is 2.57. The quantitative estimate of drug-likeness (QED) is 0.517. The molecule has 1 N–H and O–H groups in total. The number of aromatic nitrogens is 2. The van der Waals surface area contributed by atoms with Crippen LogP contribution in [0.5, 0.6) is 5.75 Å². The second-order valence-electron chi connectivity index (χ2n) is 3.60. The summed E-state index contributed by atoms with van der Waals surface area (Å²) in [6.07, 6.45) is 1.35. The van der Waals surface area contributed by atoms with Gasteiger partial charge in [0.2, 0.25) is 0 Å². The zero-order chi connectivity index (χ0) is 13.7. The number of imidazole rings is 1. The molecule has 1 aromatic heterocycles. The number of nitrogens with one attached hydrogen (secondary N) is 1. The van der Waals surface area contributed by atoms with Gasteiger partial charge < -0.3 is 14.5 Å². The molecule has 6 heteroatoms. The molecule has 2 aromatic rings. The van der Waals surface area contributed by atoms with E-state index < -0.39 is 0 Å². The van der Waals surface area contributed by atoms with E-state index in [1.807, 2.05) is 25.1 Å². The number of nitrogens with zero attached hydrogens (tertiary/aromatic N) is 1. The lowest BCUT2D eigenvalue weighted by Gasteiger charge is -2.00. The predicted molar refractivity (Wildman–Crippen MR) is 74.3 cm³/mol. The summed E-state index contributed by atoms with van der Waals surface area (Å²) in [4.78, 5) is 18.5. The number of ether oxygens (including phenoxy) is 2. The highest BCUT2D eigenvalue weighted by molar-refractivity contribution is 8.02. The number of thioether (sulfide) groups is 1. The zero-order valence-electron chi connectivity index (χ0n) is 10.7. The van der Waals surface area contributed by atoms with Crippen molar-refractivity contribution < 1.29 is 14.3 Å². The second-order valence-corrected chi connectivity index (χ2v) is 4.49. The molecule has 0 saturated heterocycles. The molecule has 100 valence electrons. The minimum Gasteiger partial charge on any atom is -0.494 e. The Bertz CT molecular complexity index is 607. The molecule has 0 saturated carbocycles. The molecule has 0 aliphatic heterocycles. The zero-order valence-corrected chi connectivity index (χ0v) is 11.5. The smallest absolute Gasteiger partial charge is 0.330 e. The first-order chi connectivity index (χ1) is 9.22. The summed E-state index contributed by atoms with van der Waals surface area (Å²) in [5, 5.41) is 2.34. The normalized spacial score (nSPS) is 11.1. The van der Waals surface area contributed by atoms with Gasteiger partial charge in [-0.3, -0.25) is 0 Å². The minimum absolute atomic E-state index is 0.387. The number of benzene rings is 1. The summed E-state index contributed by atoms with van der Waals surface area (Å²) in [5.41, 5.74) is 1.76. The van der Waals surface area contributed by atoms with Gasteiger partial charge in [-0.25, -0.2) is 9.78 Å². The first-order valence-electron chi connectivity index (χ1n) is 5.76. The van der Waals surface area contributed by atoms with E-state index in [0.717, 1.165) is 16.8 Å². The van der Waals surface area contributed by atoms with Gasteiger partial charge in [-0.05, 0) is 24.5 Å². The topological polar surface area (TPSA) is 64.2 Å². The number of rotatable bonds is 5. The van der Waals surface area contributed by atoms with Gasteiger partial charge in [0.05, 0.1) is 24.8 Å². The molecule has 0 amide bonds. The van der Waals surface area contributed by atoms with Gasteiger partial charge in [-0.2, -0.15) is 0 Å². The van der Waals surface area contributed by atoms with Crippen LogP contribution in [0.3, 0.4) is 0 Å². The van der Waals surface area contributed by atoms with E-state index in [1.165, 1.54) is 24.9 Å². The minimum atomic E-state index is -0.387. The van der Waals surface area contributed by atoms with Crippen molar-refractivity contribution in [2.24, 2.45) is 0 Å². The summed E-state index contributed by atoms with van der Waals surface area (Å²) in [7, 11) is 1.34. The first kappa shape index (κ1) is 13.5. The molecular weight excluding hydrogens is 264 g/mol. The standard InChI is InChI=1S/C13H14N2O3S/c1-3-18-9-4-5-10-11(8-9)15-13(14-10)19-7-6-12(16)17-2/h4-8H,3H2,1-2H3,(H,14,15). The maximum Gasteiger partial charge on any atom is 0.330 e. The van der Waals surface area contributed by atoms with E-state index in [4.69, 9.17) is 4.74 Å². The van der Waals surface area contributed by atoms with Crippen molar-refractivity contribution in [3.8, 4) is 5.75 Å². The number of H-pyrrole nitrogens is 1. The molecule has 0 radical (unpaired) electrons. The number of hydrogen-bond donors (Lipinski definition) is 1. The molecule has 0 fully saturated rings. The van der Waals surface area contributed by atoms with Gasteiger partial charge >= 0.3 is 5.97 Å². The summed E-state index contributed by atoms with van der Waals surface area (Å²) < 4.78 is 9.92. The average Bonchev–Trinajstić information content (AvgIpc) is 2.80. The van der Waals surface area contributed by atoms with E-state index in [0.29, 0.717) is 11.8 Å². The number of aromatic amines is 1. The van der Waals surface area contributed by atoms with E-state index in [9.17, 15) is 4.79 Å². The lowest BCUT2D eigenvalue weighted by atomic mass is 10.3. The fourth-order valence-corrected chi connectivity index (χ4v) is 2.13. The van der Waals surface area contributed by atoms with Crippen LogP contribution in [0.1, 0.15) is 6.92 Å². The maximum atomic E-state index is 10.9. The van der Waals surface area contributed by atoms with Gasteiger partial charge in [0.15, 0.2) is 5.16 Å². The number of carbonyl (C=O) groups excluding carboxylic acids is 1. The van der Waals surface area contributed by atoms with Gasteiger partial charge in [0, 0.05) is 12.1 Å².